The molecule has 60 valence electrons. The van der Waals surface area contributed by atoms with E-state index in [0.717, 1.165) is 5.52 Å². The molecule has 0 atom stereocenters. The molecule has 0 saturated carbocycles. The van der Waals surface area contributed by atoms with Crippen molar-refractivity contribution in [3.63, 3.8) is 0 Å². The first-order valence-electron chi connectivity index (χ1n) is 3.29. The van der Waals surface area contributed by atoms with Crippen molar-refractivity contribution < 1.29 is 0 Å². The Kier molecular flexibility index (Phi) is 1.44. The minimum atomic E-state index is 0.611. The monoisotopic (exact) mass is 162 g/mol. The molecule has 12 heavy (non-hydrogen) atoms. The maximum Gasteiger partial charge on any atom is 0.181 e. The Labute approximate surface area is 67.6 Å². The Bertz CT molecular complexity index is 417. The van der Waals surface area contributed by atoms with Crippen LogP contribution in [0, 0.1) is 0 Å². The highest BCUT2D eigenvalue weighted by atomic mass is 15.1. The standard InChI is InChI=1S/C6H6N6/c7-12-1-4-5-6(10-2-8-4)11-3-9-5/h1-3H,7H2,(H,8,9,10,11)/b12-1+. The molecule has 3 N–H and O–H groups in total. The van der Waals surface area contributed by atoms with Crippen molar-refractivity contribution >= 4 is 17.4 Å². The van der Waals surface area contributed by atoms with Gasteiger partial charge < -0.3 is 10.8 Å². The maximum absolute atomic E-state index is 5.00. The highest BCUT2D eigenvalue weighted by Crippen LogP contribution is 2.06. The zero-order valence-electron chi connectivity index (χ0n) is 6.10. The second kappa shape index (κ2) is 2.57. The van der Waals surface area contributed by atoms with Crippen LogP contribution in [0.15, 0.2) is 17.8 Å². The molecule has 0 bridgehead atoms. The first-order chi connectivity index (χ1) is 5.92. The van der Waals surface area contributed by atoms with Crippen LogP contribution in [-0.2, 0) is 0 Å². The van der Waals surface area contributed by atoms with Crippen LogP contribution in [0.25, 0.3) is 11.2 Å². The Balaban J connectivity index is 2.73. The van der Waals surface area contributed by atoms with E-state index >= 15 is 0 Å². The van der Waals surface area contributed by atoms with Gasteiger partial charge in [0.15, 0.2) is 5.65 Å². The van der Waals surface area contributed by atoms with E-state index in [9.17, 15) is 0 Å². The van der Waals surface area contributed by atoms with Gasteiger partial charge in [0.05, 0.1) is 12.5 Å². The maximum atomic E-state index is 5.00. The molecule has 2 rings (SSSR count). The van der Waals surface area contributed by atoms with Crippen LogP contribution in [0.1, 0.15) is 5.69 Å². The molecule has 6 heteroatoms. The molecule has 0 aliphatic rings. The van der Waals surface area contributed by atoms with Gasteiger partial charge in [-0.3, -0.25) is 0 Å². The van der Waals surface area contributed by atoms with E-state index in [0.29, 0.717) is 11.3 Å². The average molecular weight is 162 g/mol. The van der Waals surface area contributed by atoms with Gasteiger partial charge >= 0.3 is 0 Å². The summed E-state index contributed by atoms with van der Waals surface area (Å²) < 4.78 is 0. The van der Waals surface area contributed by atoms with Gasteiger partial charge in [-0.15, -0.1) is 0 Å². The van der Waals surface area contributed by atoms with Crippen LogP contribution in [-0.4, -0.2) is 26.2 Å². The summed E-state index contributed by atoms with van der Waals surface area (Å²) in [5.41, 5.74) is 1.99. The van der Waals surface area contributed by atoms with Crippen molar-refractivity contribution in [3.8, 4) is 0 Å². The number of nitrogens with zero attached hydrogens (tertiary/aromatic N) is 4. The lowest BCUT2D eigenvalue weighted by atomic mass is 10.4. The number of aromatic amines is 1. The van der Waals surface area contributed by atoms with Crippen LogP contribution in [0.4, 0.5) is 0 Å². The largest absolute Gasteiger partial charge is 0.341 e. The third kappa shape index (κ3) is 0.895. The molecule has 0 saturated heterocycles. The molecule has 6 nitrogen and oxygen atoms in total. The van der Waals surface area contributed by atoms with Crippen LogP contribution in [0.5, 0.6) is 0 Å². The van der Waals surface area contributed by atoms with Gasteiger partial charge in [-0.25, -0.2) is 15.0 Å². The fraction of sp³-hybridized carbons (Fsp3) is 0. The number of fused-ring (bicyclic) bond motifs is 1. The predicted octanol–water partition coefficient (Wildman–Crippen LogP) is -0.355. The molecule has 0 aliphatic heterocycles. The summed E-state index contributed by atoms with van der Waals surface area (Å²) in [6, 6.07) is 0. The van der Waals surface area contributed by atoms with Crippen molar-refractivity contribution in [1.82, 2.24) is 19.9 Å². The van der Waals surface area contributed by atoms with E-state index in [4.69, 9.17) is 5.84 Å². The minimum Gasteiger partial charge on any atom is -0.341 e. The lowest BCUT2D eigenvalue weighted by Crippen LogP contribution is -1.93. The number of H-pyrrole nitrogens is 1. The summed E-state index contributed by atoms with van der Waals surface area (Å²) in [7, 11) is 0. The van der Waals surface area contributed by atoms with Crippen LogP contribution < -0.4 is 5.84 Å². The van der Waals surface area contributed by atoms with Gasteiger partial charge in [0.25, 0.3) is 0 Å². The molecular formula is C6H6N6. The number of nitrogens with two attached hydrogens (primary N) is 1. The van der Waals surface area contributed by atoms with Crippen molar-refractivity contribution in [2.75, 3.05) is 0 Å². The fourth-order valence-electron chi connectivity index (χ4n) is 0.952. The van der Waals surface area contributed by atoms with Crippen molar-refractivity contribution in [2.24, 2.45) is 10.9 Å². The molecular weight excluding hydrogens is 156 g/mol. The highest BCUT2D eigenvalue weighted by Gasteiger charge is 2.01. The highest BCUT2D eigenvalue weighted by molar-refractivity contribution is 5.92. The number of hydrogen-bond donors (Lipinski definition) is 2. The summed E-state index contributed by atoms with van der Waals surface area (Å²) in [5, 5.41) is 3.37. The van der Waals surface area contributed by atoms with E-state index in [1.165, 1.54) is 12.5 Å². The van der Waals surface area contributed by atoms with E-state index in [1.807, 2.05) is 0 Å². The summed E-state index contributed by atoms with van der Waals surface area (Å²) in [6.45, 7) is 0. The smallest absolute Gasteiger partial charge is 0.181 e. The van der Waals surface area contributed by atoms with Crippen LogP contribution in [0.2, 0.25) is 0 Å². The zero-order chi connectivity index (χ0) is 8.39. The third-order valence-corrected chi connectivity index (χ3v) is 1.45. The van der Waals surface area contributed by atoms with Crippen molar-refractivity contribution in [3.05, 3.63) is 18.3 Å². The van der Waals surface area contributed by atoms with E-state index in [1.54, 1.807) is 6.33 Å². The van der Waals surface area contributed by atoms with Crippen LogP contribution >= 0.6 is 0 Å². The van der Waals surface area contributed by atoms with Crippen molar-refractivity contribution in [2.45, 2.75) is 0 Å². The number of nitrogens with one attached hydrogen (secondary N) is 1. The lowest BCUT2D eigenvalue weighted by molar-refractivity contribution is 1.18. The molecule has 2 heterocycles. The molecule has 2 aromatic rings. The summed E-state index contributed by atoms with van der Waals surface area (Å²) >= 11 is 0. The molecule has 2 aromatic heterocycles. The Hall–Kier alpha value is -1.98. The normalized spacial score (nSPS) is 11.3. The molecule has 0 unspecified atom stereocenters. The van der Waals surface area contributed by atoms with Crippen molar-refractivity contribution in [1.29, 1.82) is 0 Å². The van der Waals surface area contributed by atoms with E-state index in [2.05, 4.69) is 25.0 Å². The number of aromatic nitrogens is 4. The molecule has 0 aliphatic carbocycles. The Morgan fingerprint density at radius 2 is 2.33 bits per heavy atom. The number of hydrogen-bond acceptors (Lipinski definition) is 5. The first-order valence-corrected chi connectivity index (χ1v) is 3.29. The Morgan fingerprint density at radius 3 is 3.17 bits per heavy atom. The number of rotatable bonds is 1. The molecule has 0 aromatic carbocycles. The lowest BCUT2D eigenvalue weighted by Gasteiger charge is -1.90. The minimum absolute atomic E-state index is 0.611. The van der Waals surface area contributed by atoms with Gasteiger partial charge in [0.1, 0.15) is 17.5 Å². The Morgan fingerprint density at radius 1 is 1.42 bits per heavy atom. The topological polar surface area (TPSA) is 92.8 Å². The summed E-state index contributed by atoms with van der Waals surface area (Å²) in [6.07, 6.45) is 4.41. The second-order valence-electron chi connectivity index (χ2n) is 2.14. The molecule has 0 radical (unpaired) electrons. The van der Waals surface area contributed by atoms with E-state index in [-0.39, 0.29) is 0 Å². The van der Waals surface area contributed by atoms with E-state index < -0.39 is 0 Å². The van der Waals surface area contributed by atoms with Gasteiger partial charge in [-0.2, -0.15) is 5.10 Å². The first kappa shape index (κ1) is 6.71. The fourth-order valence-corrected chi connectivity index (χ4v) is 0.952. The quantitative estimate of drug-likeness (QED) is 0.340. The number of imidazole rings is 1. The molecule has 0 fully saturated rings. The SMILES string of the molecule is N/N=C/c1ncnc2nc[nH]c12. The van der Waals surface area contributed by atoms with Gasteiger partial charge in [0.2, 0.25) is 0 Å². The number of hydrazone groups is 1. The molecule has 0 amide bonds. The second-order valence-corrected chi connectivity index (χ2v) is 2.14. The van der Waals surface area contributed by atoms with Gasteiger partial charge in [0, 0.05) is 0 Å². The van der Waals surface area contributed by atoms with Crippen LogP contribution in [0.3, 0.4) is 0 Å². The zero-order valence-corrected chi connectivity index (χ0v) is 6.10. The predicted molar refractivity (Wildman–Crippen MR) is 43.5 cm³/mol. The average Bonchev–Trinajstić information content (AvgIpc) is 2.53. The summed E-state index contributed by atoms with van der Waals surface area (Å²) in [4.78, 5) is 14.7. The molecule has 0 spiro atoms. The van der Waals surface area contributed by atoms with Gasteiger partial charge in [-0.1, -0.05) is 0 Å². The van der Waals surface area contributed by atoms with Gasteiger partial charge in [-0.05, 0) is 0 Å². The third-order valence-electron chi connectivity index (χ3n) is 1.45. The summed E-state index contributed by atoms with van der Waals surface area (Å²) in [5.74, 6) is 5.00.